The third-order valence-electron chi connectivity index (χ3n) is 1.65. The first kappa shape index (κ1) is 11.4. The summed E-state index contributed by atoms with van der Waals surface area (Å²) in [6.45, 7) is 4.29. The smallest absolute Gasteiger partial charge is 0.250 e. The Morgan fingerprint density at radius 1 is 1.58 bits per heavy atom. The van der Waals surface area contributed by atoms with Gasteiger partial charge in [-0.25, -0.2) is 0 Å². The number of amides is 1. The fraction of sp³-hybridized carbons (Fsp3) is 0.875. The van der Waals surface area contributed by atoms with Gasteiger partial charge in [-0.1, -0.05) is 13.3 Å². The minimum atomic E-state index is -1.06. The van der Waals surface area contributed by atoms with E-state index in [2.05, 4.69) is 5.32 Å². The van der Waals surface area contributed by atoms with E-state index in [4.69, 9.17) is 5.73 Å². The standard InChI is InChI=1S/C8H18N2O2/c1-3-5-6(9)7(11)8(12)10-4-2/h6-7,11H,3-5,9H2,1-2H3,(H,10,12). The molecule has 0 spiro atoms. The Morgan fingerprint density at radius 2 is 2.17 bits per heavy atom. The largest absolute Gasteiger partial charge is 0.382 e. The van der Waals surface area contributed by atoms with Gasteiger partial charge in [-0.2, -0.15) is 0 Å². The summed E-state index contributed by atoms with van der Waals surface area (Å²) in [7, 11) is 0. The van der Waals surface area contributed by atoms with Crippen molar-refractivity contribution in [3.8, 4) is 0 Å². The summed E-state index contributed by atoms with van der Waals surface area (Å²) in [5, 5.41) is 11.8. The number of hydrogen-bond donors (Lipinski definition) is 3. The molecule has 0 aromatic rings. The van der Waals surface area contributed by atoms with Crippen LogP contribution in [0.15, 0.2) is 0 Å². The number of likely N-dealkylation sites (N-methyl/N-ethyl adjacent to an activating group) is 1. The zero-order valence-corrected chi connectivity index (χ0v) is 7.71. The van der Waals surface area contributed by atoms with Crippen LogP contribution in [-0.2, 0) is 4.79 Å². The van der Waals surface area contributed by atoms with Gasteiger partial charge in [0.05, 0.1) is 0 Å². The van der Waals surface area contributed by atoms with Crippen LogP contribution in [0.4, 0.5) is 0 Å². The summed E-state index contributed by atoms with van der Waals surface area (Å²) in [5.41, 5.74) is 5.55. The van der Waals surface area contributed by atoms with Gasteiger partial charge in [0, 0.05) is 12.6 Å². The summed E-state index contributed by atoms with van der Waals surface area (Å²) in [6.07, 6.45) is 0.473. The molecule has 0 aromatic heterocycles. The van der Waals surface area contributed by atoms with Gasteiger partial charge in [-0.3, -0.25) is 4.79 Å². The van der Waals surface area contributed by atoms with Crippen LogP contribution in [0.1, 0.15) is 26.7 Å². The van der Waals surface area contributed by atoms with Gasteiger partial charge in [0.25, 0.3) is 0 Å². The van der Waals surface area contributed by atoms with Gasteiger partial charge in [0.15, 0.2) is 0 Å². The summed E-state index contributed by atoms with van der Waals surface area (Å²) >= 11 is 0. The molecule has 0 radical (unpaired) electrons. The quantitative estimate of drug-likeness (QED) is 0.531. The Labute approximate surface area is 73.1 Å². The normalized spacial score (nSPS) is 15.3. The second-order valence-corrected chi connectivity index (χ2v) is 2.79. The molecule has 4 nitrogen and oxygen atoms in total. The fourth-order valence-electron chi connectivity index (χ4n) is 0.964. The molecule has 0 aliphatic carbocycles. The minimum Gasteiger partial charge on any atom is -0.382 e. The molecule has 0 heterocycles. The third-order valence-corrected chi connectivity index (χ3v) is 1.65. The highest BCUT2D eigenvalue weighted by atomic mass is 16.3. The number of carbonyl (C=O) groups is 1. The van der Waals surface area contributed by atoms with E-state index in [1.807, 2.05) is 6.92 Å². The minimum absolute atomic E-state index is 0.376. The number of aliphatic hydroxyl groups is 1. The second kappa shape index (κ2) is 5.97. The second-order valence-electron chi connectivity index (χ2n) is 2.79. The number of nitrogens with two attached hydrogens (primary N) is 1. The van der Waals surface area contributed by atoms with Gasteiger partial charge in [-0.05, 0) is 13.3 Å². The van der Waals surface area contributed by atoms with Crippen LogP contribution in [0.3, 0.4) is 0 Å². The molecule has 0 aliphatic rings. The number of aliphatic hydroxyl groups excluding tert-OH is 1. The highest BCUT2D eigenvalue weighted by Crippen LogP contribution is 1.99. The number of rotatable bonds is 5. The molecule has 4 N–H and O–H groups in total. The van der Waals surface area contributed by atoms with Crippen molar-refractivity contribution >= 4 is 5.91 Å². The topological polar surface area (TPSA) is 75.3 Å². The molecule has 0 bridgehead atoms. The lowest BCUT2D eigenvalue weighted by molar-refractivity contribution is -0.130. The van der Waals surface area contributed by atoms with E-state index < -0.39 is 12.1 Å². The molecule has 2 atom stereocenters. The Morgan fingerprint density at radius 3 is 2.58 bits per heavy atom. The molecule has 4 heteroatoms. The van der Waals surface area contributed by atoms with E-state index in [0.29, 0.717) is 13.0 Å². The van der Waals surface area contributed by atoms with E-state index in [1.54, 1.807) is 6.92 Å². The Hall–Kier alpha value is -0.610. The molecule has 12 heavy (non-hydrogen) atoms. The van der Waals surface area contributed by atoms with Gasteiger partial charge in [-0.15, -0.1) is 0 Å². The van der Waals surface area contributed by atoms with Crippen LogP contribution < -0.4 is 11.1 Å². The molecular formula is C8H18N2O2. The van der Waals surface area contributed by atoms with Crippen LogP contribution in [0, 0.1) is 0 Å². The van der Waals surface area contributed by atoms with Crippen molar-refractivity contribution < 1.29 is 9.90 Å². The Balaban J connectivity index is 3.82. The molecule has 1 amide bonds. The van der Waals surface area contributed by atoms with E-state index in [1.165, 1.54) is 0 Å². The molecule has 0 saturated carbocycles. The maximum absolute atomic E-state index is 11.0. The lowest BCUT2D eigenvalue weighted by atomic mass is 10.1. The van der Waals surface area contributed by atoms with Crippen molar-refractivity contribution in [3.05, 3.63) is 0 Å². The maximum Gasteiger partial charge on any atom is 0.250 e. The first-order chi connectivity index (χ1) is 5.63. The zero-order valence-electron chi connectivity index (χ0n) is 7.71. The average molecular weight is 174 g/mol. The average Bonchev–Trinajstić information content (AvgIpc) is 2.04. The number of nitrogens with one attached hydrogen (secondary N) is 1. The van der Waals surface area contributed by atoms with E-state index in [9.17, 15) is 9.90 Å². The number of hydrogen-bond acceptors (Lipinski definition) is 3. The maximum atomic E-state index is 11.0. The fourth-order valence-corrected chi connectivity index (χ4v) is 0.964. The third kappa shape index (κ3) is 3.69. The summed E-state index contributed by atoms with van der Waals surface area (Å²) < 4.78 is 0. The lowest BCUT2D eigenvalue weighted by Crippen LogP contribution is -2.46. The monoisotopic (exact) mass is 174 g/mol. The van der Waals surface area contributed by atoms with Crippen molar-refractivity contribution in [1.29, 1.82) is 0 Å². The van der Waals surface area contributed by atoms with E-state index in [-0.39, 0.29) is 5.91 Å². The molecule has 2 unspecified atom stereocenters. The first-order valence-electron chi connectivity index (χ1n) is 4.34. The van der Waals surface area contributed by atoms with Gasteiger partial charge in [0.1, 0.15) is 6.10 Å². The predicted molar refractivity (Wildman–Crippen MR) is 47.6 cm³/mol. The van der Waals surface area contributed by atoms with Gasteiger partial charge >= 0.3 is 0 Å². The zero-order chi connectivity index (χ0) is 9.56. The molecule has 0 saturated heterocycles. The summed E-state index contributed by atoms with van der Waals surface area (Å²) in [6, 6.07) is -0.443. The highest BCUT2D eigenvalue weighted by molar-refractivity contribution is 5.81. The SMILES string of the molecule is CCCC(N)C(O)C(=O)NCC. The van der Waals surface area contributed by atoms with Crippen LogP contribution in [0.25, 0.3) is 0 Å². The van der Waals surface area contributed by atoms with Crippen molar-refractivity contribution in [2.75, 3.05) is 6.54 Å². The predicted octanol–water partition coefficient (Wildman–Crippen LogP) is -0.389. The van der Waals surface area contributed by atoms with Crippen molar-refractivity contribution in [3.63, 3.8) is 0 Å². The first-order valence-corrected chi connectivity index (χ1v) is 4.34. The molecule has 0 aromatic carbocycles. The summed E-state index contributed by atoms with van der Waals surface area (Å²) in [4.78, 5) is 11.0. The van der Waals surface area contributed by atoms with Gasteiger partial charge < -0.3 is 16.2 Å². The number of carbonyl (C=O) groups excluding carboxylic acids is 1. The molecular weight excluding hydrogens is 156 g/mol. The van der Waals surface area contributed by atoms with Gasteiger partial charge in [0.2, 0.25) is 5.91 Å². The highest BCUT2D eigenvalue weighted by Gasteiger charge is 2.20. The van der Waals surface area contributed by atoms with Crippen LogP contribution in [0.5, 0.6) is 0 Å². The van der Waals surface area contributed by atoms with Crippen molar-refractivity contribution in [2.24, 2.45) is 5.73 Å². The molecule has 72 valence electrons. The summed E-state index contributed by atoms with van der Waals surface area (Å²) in [5.74, 6) is -0.376. The Kier molecular flexibility index (Phi) is 5.66. The Bertz CT molecular complexity index is 139. The van der Waals surface area contributed by atoms with Crippen molar-refractivity contribution in [1.82, 2.24) is 5.32 Å². The van der Waals surface area contributed by atoms with Crippen LogP contribution in [-0.4, -0.2) is 29.7 Å². The molecule has 0 rings (SSSR count). The molecule has 0 aliphatic heterocycles. The lowest BCUT2D eigenvalue weighted by Gasteiger charge is -2.16. The van der Waals surface area contributed by atoms with E-state index in [0.717, 1.165) is 6.42 Å². The van der Waals surface area contributed by atoms with Crippen LogP contribution >= 0.6 is 0 Å². The van der Waals surface area contributed by atoms with Crippen LogP contribution in [0.2, 0.25) is 0 Å². The van der Waals surface area contributed by atoms with E-state index >= 15 is 0 Å². The molecule has 0 fully saturated rings. The van der Waals surface area contributed by atoms with Crippen molar-refractivity contribution in [2.45, 2.75) is 38.8 Å².